The summed E-state index contributed by atoms with van der Waals surface area (Å²) in [5, 5.41) is 13.7. The van der Waals surface area contributed by atoms with Gasteiger partial charge in [-0.05, 0) is 76.4 Å². The van der Waals surface area contributed by atoms with E-state index >= 15 is 0 Å². The molecule has 0 radical (unpaired) electrons. The van der Waals surface area contributed by atoms with Gasteiger partial charge in [-0.25, -0.2) is 4.39 Å². The van der Waals surface area contributed by atoms with E-state index in [0.717, 1.165) is 26.1 Å². The van der Waals surface area contributed by atoms with Crippen LogP contribution in [0.3, 0.4) is 0 Å². The van der Waals surface area contributed by atoms with Crippen LogP contribution in [0.15, 0.2) is 16.9 Å². The van der Waals surface area contributed by atoms with Crippen molar-refractivity contribution in [3.63, 3.8) is 0 Å². The molecule has 0 aliphatic carbocycles. The number of aromatic nitrogens is 1. The third-order valence-corrected chi connectivity index (χ3v) is 6.20. The fourth-order valence-corrected chi connectivity index (χ4v) is 4.66. The van der Waals surface area contributed by atoms with Gasteiger partial charge in [-0.15, -0.1) is 0 Å². The summed E-state index contributed by atoms with van der Waals surface area (Å²) in [4.78, 5) is 28.2. The molecule has 1 atom stereocenters. The second-order valence-corrected chi connectivity index (χ2v) is 8.26. The van der Waals surface area contributed by atoms with Gasteiger partial charge in [-0.2, -0.15) is 0 Å². The zero-order valence-electron chi connectivity index (χ0n) is 16.8. The van der Waals surface area contributed by atoms with Gasteiger partial charge in [0.05, 0.1) is 5.52 Å². The quantitative estimate of drug-likeness (QED) is 0.756. The Morgan fingerprint density at radius 1 is 1.28 bits per heavy atom. The first-order chi connectivity index (χ1) is 14.0. The Kier molecular flexibility index (Phi) is 5.58. The molecule has 29 heavy (non-hydrogen) atoms. The number of carbonyl (C=O) groups excluding carboxylic acids is 1. The SMILES string of the molecule is C[C@@H]1CCc2cc(F)cc3c(O)c(C(=O)NCCCN4CCCCC4)c(=O)n1c23. The monoisotopic (exact) mass is 401 g/mol. The zero-order chi connectivity index (χ0) is 20.5. The van der Waals surface area contributed by atoms with Crippen molar-refractivity contribution in [2.45, 2.75) is 51.5 Å². The number of halogens is 1. The zero-order valence-corrected chi connectivity index (χ0v) is 16.8. The Labute approximate surface area is 169 Å². The Morgan fingerprint density at radius 3 is 2.79 bits per heavy atom. The van der Waals surface area contributed by atoms with Crippen LogP contribution in [0, 0.1) is 5.82 Å². The number of nitrogens with zero attached hydrogens (tertiary/aromatic N) is 2. The third kappa shape index (κ3) is 3.75. The number of piperidine rings is 1. The predicted octanol–water partition coefficient (Wildman–Crippen LogP) is 2.96. The van der Waals surface area contributed by atoms with Gasteiger partial charge in [0.25, 0.3) is 11.5 Å². The third-order valence-electron chi connectivity index (χ3n) is 6.20. The number of rotatable bonds is 5. The van der Waals surface area contributed by atoms with Crippen molar-refractivity contribution in [1.82, 2.24) is 14.8 Å². The molecular formula is C22H28FN3O3. The fraction of sp³-hybridized carbons (Fsp3) is 0.545. The lowest BCUT2D eigenvalue weighted by Gasteiger charge is -2.27. The van der Waals surface area contributed by atoms with Crippen LogP contribution < -0.4 is 10.9 Å². The standard InChI is InChI=1S/C22H28FN3O3/c1-14-6-7-15-12-16(23)13-17-19(15)26(14)22(29)18(20(17)27)21(28)24-8-5-11-25-9-3-2-4-10-25/h12-14,27H,2-11H2,1H3,(H,24,28)/t14-/m1/s1. The Morgan fingerprint density at radius 2 is 2.03 bits per heavy atom. The summed E-state index contributed by atoms with van der Waals surface area (Å²) >= 11 is 0. The number of benzene rings is 1. The van der Waals surface area contributed by atoms with Crippen molar-refractivity contribution in [2.75, 3.05) is 26.2 Å². The van der Waals surface area contributed by atoms with Crippen LogP contribution in [0.2, 0.25) is 0 Å². The lowest BCUT2D eigenvalue weighted by molar-refractivity contribution is 0.0946. The van der Waals surface area contributed by atoms with Crippen molar-refractivity contribution in [3.05, 3.63) is 39.4 Å². The van der Waals surface area contributed by atoms with E-state index in [0.29, 0.717) is 30.5 Å². The van der Waals surface area contributed by atoms with E-state index in [2.05, 4.69) is 10.2 Å². The number of amides is 1. The molecule has 1 saturated heterocycles. The van der Waals surface area contributed by atoms with Crippen LogP contribution in [-0.4, -0.2) is 46.7 Å². The molecule has 1 aromatic carbocycles. The molecule has 1 amide bonds. The van der Waals surface area contributed by atoms with Gasteiger partial charge >= 0.3 is 0 Å². The van der Waals surface area contributed by atoms with Crippen LogP contribution in [0.1, 0.15) is 61.0 Å². The van der Waals surface area contributed by atoms with Gasteiger partial charge in [-0.3, -0.25) is 9.59 Å². The molecule has 7 heteroatoms. The minimum absolute atomic E-state index is 0.116. The van der Waals surface area contributed by atoms with Crippen LogP contribution in [-0.2, 0) is 6.42 Å². The molecule has 2 aliphatic rings. The van der Waals surface area contributed by atoms with E-state index in [1.807, 2.05) is 6.92 Å². The van der Waals surface area contributed by atoms with E-state index in [4.69, 9.17) is 0 Å². The first-order valence-electron chi connectivity index (χ1n) is 10.6. The highest BCUT2D eigenvalue weighted by molar-refractivity contribution is 6.03. The largest absolute Gasteiger partial charge is 0.506 e. The summed E-state index contributed by atoms with van der Waals surface area (Å²) in [6.07, 6.45) is 5.82. The molecule has 2 N–H and O–H groups in total. The molecule has 0 unspecified atom stereocenters. The maximum Gasteiger partial charge on any atom is 0.267 e. The molecule has 0 saturated carbocycles. The summed E-state index contributed by atoms with van der Waals surface area (Å²) < 4.78 is 15.6. The molecule has 2 aliphatic heterocycles. The van der Waals surface area contributed by atoms with Crippen molar-refractivity contribution >= 4 is 16.8 Å². The number of aryl methyl sites for hydroxylation is 1. The molecule has 4 rings (SSSR count). The first-order valence-corrected chi connectivity index (χ1v) is 10.6. The molecule has 3 heterocycles. The van der Waals surface area contributed by atoms with Crippen LogP contribution in [0.4, 0.5) is 4.39 Å². The van der Waals surface area contributed by atoms with Crippen LogP contribution >= 0.6 is 0 Å². The smallest absolute Gasteiger partial charge is 0.267 e. The van der Waals surface area contributed by atoms with Gasteiger partial charge < -0.3 is 19.9 Å². The van der Waals surface area contributed by atoms with E-state index in [1.165, 1.54) is 36.0 Å². The van der Waals surface area contributed by atoms with Gasteiger partial charge in [0.2, 0.25) is 0 Å². The fourth-order valence-electron chi connectivity index (χ4n) is 4.66. The van der Waals surface area contributed by atoms with Crippen LogP contribution in [0.25, 0.3) is 10.9 Å². The highest BCUT2D eigenvalue weighted by Gasteiger charge is 2.28. The van der Waals surface area contributed by atoms with Gasteiger partial charge in [0.15, 0.2) is 0 Å². The summed E-state index contributed by atoms with van der Waals surface area (Å²) in [5.74, 6) is -1.50. The number of aromatic hydroxyl groups is 1. The average molecular weight is 401 g/mol. The predicted molar refractivity (Wildman–Crippen MR) is 110 cm³/mol. The maximum atomic E-state index is 14.1. The molecule has 2 aromatic rings. The van der Waals surface area contributed by atoms with Gasteiger partial charge in [0.1, 0.15) is 17.1 Å². The highest BCUT2D eigenvalue weighted by Crippen LogP contribution is 2.35. The maximum absolute atomic E-state index is 14.1. The van der Waals surface area contributed by atoms with Gasteiger partial charge in [0, 0.05) is 18.0 Å². The highest BCUT2D eigenvalue weighted by atomic mass is 19.1. The molecule has 0 spiro atoms. The topological polar surface area (TPSA) is 74.6 Å². The number of hydrogen-bond acceptors (Lipinski definition) is 4. The molecule has 156 valence electrons. The first kappa shape index (κ1) is 19.9. The van der Waals surface area contributed by atoms with E-state index in [-0.39, 0.29) is 17.0 Å². The summed E-state index contributed by atoms with van der Waals surface area (Å²) in [6.45, 7) is 5.42. The van der Waals surface area contributed by atoms with Crippen molar-refractivity contribution in [2.24, 2.45) is 0 Å². The molecular weight excluding hydrogens is 373 g/mol. The second-order valence-electron chi connectivity index (χ2n) is 8.26. The van der Waals surface area contributed by atoms with E-state index in [9.17, 15) is 19.1 Å². The molecule has 6 nitrogen and oxygen atoms in total. The molecule has 1 aromatic heterocycles. The van der Waals surface area contributed by atoms with E-state index < -0.39 is 23.0 Å². The normalized spacial score (nSPS) is 19.4. The minimum Gasteiger partial charge on any atom is -0.506 e. The van der Waals surface area contributed by atoms with Crippen molar-refractivity contribution < 1.29 is 14.3 Å². The van der Waals surface area contributed by atoms with Crippen LogP contribution in [0.5, 0.6) is 5.75 Å². The molecule has 0 bridgehead atoms. The second kappa shape index (κ2) is 8.14. The summed E-state index contributed by atoms with van der Waals surface area (Å²) in [5.41, 5.74) is 0.428. The number of likely N-dealkylation sites (tertiary alicyclic amines) is 1. The number of carbonyl (C=O) groups is 1. The molecule has 1 fully saturated rings. The number of pyridine rings is 1. The Balaban J connectivity index is 1.58. The van der Waals surface area contributed by atoms with Crippen molar-refractivity contribution in [3.8, 4) is 5.75 Å². The summed E-state index contributed by atoms with van der Waals surface area (Å²) in [7, 11) is 0. The van der Waals surface area contributed by atoms with Crippen molar-refractivity contribution in [1.29, 1.82) is 0 Å². The van der Waals surface area contributed by atoms with Gasteiger partial charge in [-0.1, -0.05) is 6.42 Å². The minimum atomic E-state index is -0.597. The lowest BCUT2D eigenvalue weighted by atomic mass is 9.95. The van der Waals surface area contributed by atoms with E-state index in [1.54, 1.807) is 0 Å². The summed E-state index contributed by atoms with van der Waals surface area (Å²) in [6, 6.07) is 2.49. The lowest BCUT2D eigenvalue weighted by Crippen LogP contribution is -2.37. The average Bonchev–Trinajstić information content (AvgIpc) is 2.71. The number of hydrogen-bond donors (Lipinski definition) is 2. The number of nitrogens with one attached hydrogen (secondary N) is 1. The Bertz CT molecular complexity index is 995. The Hall–Kier alpha value is -2.41.